The van der Waals surface area contributed by atoms with Crippen molar-refractivity contribution in [3.8, 4) is 0 Å². The molecule has 0 saturated carbocycles. The van der Waals surface area contributed by atoms with E-state index in [1.165, 1.54) is 0 Å². The molecule has 0 aromatic carbocycles. The van der Waals surface area contributed by atoms with Crippen molar-refractivity contribution >= 4 is 0 Å². The number of hydrogen-bond donors (Lipinski definition) is 0. The van der Waals surface area contributed by atoms with Gasteiger partial charge in [0.25, 0.3) is 0 Å². The topological polar surface area (TPSA) is 21.7 Å². The van der Waals surface area contributed by atoms with Crippen LogP contribution in [0.3, 0.4) is 0 Å². The maximum Gasteiger partial charge on any atom is 0.0644 e. The first-order valence-corrected chi connectivity index (χ1v) is 6.08. The van der Waals surface area contributed by atoms with Crippen molar-refractivity contribution < 1.29 is 9.47 Å². The quantitative estimate of drug-likeness (QED) is 0.591. The van der Waals surface area contributed by atoms with Crippen LogP contribution in [0.5, 0.6) is 0 Å². The van der Waals surface area contributed by atoms with Crippen LogP contribution in [0, 0.1) is 0 Å². The van der Waals surface area contributed by atoms with Gasteiger partial charge >= 0.3 is 0 Å². The van der Waals surface area contributed by atoms with Crippen LogP contribution >= 0.6 is 0 Å². The van der Waals surface area contributed by atoms with Crippen LogP contribution in [-0.4, -0.2) is 50.0 Å². The molecule has 0 atom stereocenters. The van der Waals surface area contributed by atoms with E-state index in [4.69, 9.17) is 9.47 Å². The van der Waals surface area contributed by atoms with Crippen LogP contribution in [0.15, 0.2) is 0 Å². The lowest BCUT2D eigenvalue weighted by atomic mass is 10.2. The second-order valence-corrected chi connectivity index (χ2v) is 3.90. The number of ether oxygens (including phenoxy) is 2. The van der Waals surface area contributed by atoms with Gasteiger partial charge in [-0.25, -0.2) is 0 Å². The highest BCUT2D eigenvalue weighted by atomic mass is 16.5. The molecule has 0 aromatic rings. The zero-order chi connectivity index (χ0) is 11.7. The predicted octanol–water partition coefficient (Wildman–Crippen LogP) is 2.16. The first-order chi connectivity index (χ1) is 7.17. The summed E-state index contributed by atoms with van der Waals surface area (Å²) in [6.45, 7) is 14.8. The minimum atomic E-state index is 0.384. The normalized spacial score (nSPS) is 12.0. The van der Waals surface area contributed by atoms with Gasteiger partial charge in [-0.05, 0) is 34.2 Å². The molecule has 0 unspecified atom stereocenters. The van der Waals surface area contributed by atoms with E-state index in [2.05, 4.69) is 25.7 Å². The molecule has 0 amide bonds. The van der Waals surface area contributed by atoms with E-state index in [0.717, 1.165) is 33.0 Å². The number of likely N-dealkylation sites (N-methyl/N-ethyl adjacent to an activating group) is 1. The van der Waals surface area contributed by atoms with Crippen LogP contribution in [0.2, 0.25) is 0 Å². The molecule has 0 N–H and O–H groups in total. The van der Waals surface area contributed by atoms with Crippen LogP contribution in [0.25, 0.3) is 0 Å². The predicted molar refractivity (Wildman–Crippen MR) is 64.3 cm³/mol. The molecule has 0 bridgehead atoms. The van der Waals surface area contributed by atoms with Gasteiger partial charge in [-0.2, -0.15) is 0 Å². The summed E-state index contributed by atoms with van der Waals surface area (Å²) >= 11 is 0. The van der Waals surface area contributed by atoms with Crippen molar-refractivity contribution in [2.24, 2.45) is 0 Å². The summed E-state index contributed by atoms with van der Waals surface area (Å²) in [6.07, 6.45) is 0. The van der Waals surface area contributed by atoms with Crippen molar-refractivity contribution in [3.63, 3.8) is 0 Å². The SMILES string of the molecule is CCOCC(COCC)N(CC)C(C)C. The Kier molecular flexibility index (Phi) is 9.06. The third kappa shape index (κ3) is 6.13. The number of rotatable bonds is 9. The van der Waals surface area contributed by atoms with Gasteiger partial charge in [0.15, 0.2) is 0 Å². The summed E-state index contributed by atoms with van der Waals surface area (Å²) in [4.78, 5) is 2.42. The summed E-state index contributed by atoms with van der Waals surface area (Å²) in [5, 5.41) is 0. The summed E-state index contributed by atoms with van der Waals surface area (Å²) < 4.78 is 11.0. The second kappa shape index (κ2) is 9.13. The average Bonchev–Trinajstić information content (AvgIpc) is 2.21. The summed E-state index contributed by atoms with van der Waals surface area (Å²) in [5.74, 6) is 0. The highest BCUT2D eigenvalue weighted by Gasteiger charge is 2.19. The molecule has 3 heteroatoms. The summed E-state index contributed by atoms with van der Waals surface area (Å²) in [6, 6.07) is 0.927. The molecule has 0 aliphatic carbocycles. The van der Waals surface area contributed by atoms with E-state index in [-0.39, 0.29) is 0 Å². The Morgan fingerprint density at radius 3 is 1.67 bits per heavy atom. The summed E-state index contributed by atoms with van der Waals surface area (Å²) in [5.41, 5.74) is 0. The van der Waals surface area contributed by atoms with E-state index >= 15 is 0 Å². The first kappa shape index (κ1) is 14.9. The molecule has 92 valence electrons. The van der Waals surface area contributed by atoms with Crippen LogP contribution < -0.4 is 0 Å². The van der Waals surface area contributed by atoms with Gasteiger partial charge in [0.2, 0.25) is 0 Å². The van der Waals surface area contributed by atoms with Crippen molar-refractivity contribution in [2.45, 2.75) is 46.7 Å². The van der Waals surface area contributed by atoms with Crippen molar-refractivity contribution in [1.29, 1.82) is 0 Å². The minimum absolute atomic E-state index is 0.384. The van der Waals surface area contributed by atoms with Crippen molar-refractivity contribution in [1.82, 2.24) is 4.90 Å². The molecule has 0 heterocycles. The summed E-state index contributed by atoms with van der Waals surface area (Å²) in [7, 11) is 0. The van der Waals surface area contributed by atoms with Gasteiger partial charge in [-0.15, -0.1) is 0 Å². The van der Waals surface area contributed by atoms with Gasteiger partial charge in [0, 0.05) is 19.3 Å². The Hall–Kier alpha value is -0.120. The molecule has 0 aliphatic rings. The van der Waals surface area contributed by atoms with Gasteiger partial charge in [0.05, 0.1) is 19.3 Å². The maximum absolute atomic E-state index is 5.50. The first-order valence-electron chi connectivity index (χ1n) is 6.08. The zero-order valence-electron chi connectivity index (χ0n) is 11.0. The smallest absolute Gasteiger partial charge is 0.0644 e. The molecule has 0 fully saturated rings. The van der Waals surface area contributed by atoms with Crippen molar-refractivity contribution in [2.75, 3.05) is 33.0 Å². The fourth-order valence-corrected chi connectivity index (χ4v) is 1.79. The van der Waals surface area contributed by atoms with Crippen molar-refractivity contribution in [3.05, 3.63) is 0 Å². The molecule has 0 rings (SSSR count). The molecular weight excluding hydrogens is 190 g/mol. The largest absolute Gasteiger partial charge is 0.380 e. The van der Waals surface area contributed by atoms with E-state index < -0.39 is 0 Å². The lowest BCUT2D eigenvalue weighted by Gasteiger charge is -2.33. The molecule has 0 saturated heterocycles. The molecule has 0 radical (unpaired) electrons. The van der Waals surface area contributed by atoms with Gasteiger partial charge in [-0.1, -0.05) is 6.92 Å². The Morgan fingerprint density at radius 2 is 1.40 bits per heavy atom. The maximum atomic E-state index is 5.50. The Morgan fingerprint density at radius 1 is 0.933 bits per heavy atom. The molecule has 0 aliphatic heterocycles. The monoisotopic (exact) mass is 217 g/mol. The van der Waals surface area contributed by atoms with Gasteiger partial charge < -0.3 is 9.47 Å². The lowest BCUT2D eigenvalue weighted by Crippen LogP contribution is -2.45. The Bertz CT molecular complexity index is 132. The zero-order valence-corrected chi connectivity index (χ0v) is 11.0. The standard InChI is InChI=1S/C12H27NO2/c1-6-13(11(4)5)12(9-14-7-2)10-15-8-3/h11-12H,6-10H2,1-5H3. The number of hydrogen-bond acceptors (Lipinski definition) is 3. The van der Waals surface area contributed by atoms with Crippen LogP contribution in [0.4, 0.5) is 0 Å². The molecule has 0 aromatic heterocycles. The van der Waals surface area contributed by atoms with E-state index in [9.17, 15) is 0 Å². The molecular formula is C12H27NO2. The van der Waals surface area contributed by atoms with E-state index in [0.29, 0.717) is 12.1 Å². The number of nitrogens with zero attached hydrogens (tertiary/aromatic N) is 1. The fraction of sp³-hybridized carbons (Fsp3) is 1.00. The molecule has 0 spiro atoms. The second-order valence-electron chi connectivity index (χ2n) is 3.90. The van der Waals surface area contributed by atoms with Crippen LogP contribution in [0.1, 0.15) is 34.6 Å². The third-order valence-corrected chi connectivity index (χ3v) is 2.53. The Labute approximate surface area is 94.7 Å². The van der Waals surface area contributed by atoms with Gasteiger partial charge in [0.1, 0.15) is 0 Å². The minimum Gasteiger partial charge on any atom is -0.380 e. The highest BCUT2D eigenvalue weighted by molar-refractivity contribution is 4.73. The van der Waals surface area contributed by atoms with E-state index in [1.807, 2.05) is 13.8 Å². The molecule has 3 nitrogen and oxygen atoms in total. The average molecular weight is 217 g/mol. The fourth-order valence-electron chi connectivity index (χ4n) is 1.79. The Balaban J connectivity index is 4.15. The third-order valence-electron chi connectivity index (χ3n) is 2.53. The lowest BCUT2D eigenvalue weighted by molar-refractivity contribution is 0.00101. The van der Waals surface area contributed by atoms with Crippen LogP contribution in [-0.2, 0) is 9.47 Å². The van der Waals surface area contributed by atoms with E-state index in [1.54, 1.807) is 0 Å². The van der Waals surface area contributed by atoms with Gasteiger partial charge in [-0.3, -0.25) is 4.90 Å². The highest BCUT2D eigenvalue weighted by Crippen LogP contribution is 2.06. The molecule has 15 heavy (non-hydrogen) atoms.